The molecule has 1 N–H and O–H groups in total. The van der Waals surface area contributed by atoms with Crippen molar-refractivity contribution < 1.29 is 9.53 Å². The van der Waals surface area contributed by atoms with Crippen molar-refractivity contribution in [3.05, 3.63) is 34.3 Å². The summed E-state index contributed by atoms with van der Waals surface area (Å²) in [6.07, 6.45) is 0. The van der Waals surface area contributed by atoms with E-state index >= 15 is 0 Å². The lowest BCUT2D eigenvalue weighted by Crippen LogP contribution is -2.39. The van der Waals surface area contributed by atoms with Gasteiger partial charge in [-0.3, -0.25) is 4.79 Å². The predicted octanol–water partition coefficient (Wildman–Crippen LogP) is 1.64. The molecule has 1 aromatic carbocycles. The maximum atomic E-state index is 11.1. The number of benzene rings is 1. The van der Waals surface area contributed by atoms with Gasteiger partial charge in [-0.1, -0.05) is 28.1 Å². The molecule has 1 heterocycles. The maximum Gasteiger partial charge on any atom is 0.246 e. The van der Waals surface area contributed by atoms with Gasteiger partial charge in [0.05, 0.1) is 12.6 Å². The fourth-order valence-electron chi connectivity index (χ4n) is 1.42. The van der Waals surface area contributed by atoms with Gasteiger partial charge in [0, 0.05) is 4.47 Å². The summed E-state index contributed by atoms with van der Waals surface area (Å²) in [4.78, 5) is 11.1. The molecular formula is C10H10BrNO2. The maximum absolute atomic E-state index is 11.1. The lowest BCUT2D eigenvalue weighted by molar-refractivity contribution is -0.131. The van der Waals surface area contributed by atoms with E-state index in [1.165, 1.54) is 0 Å². The molecule has 1 aliphatic rings. The molecule has 0 spiro atoms. The van der Waals surface area contributed by atoms with Crippen molar-refractivity contribution >= 4 is 21.8 Å². The van der Waals surface area contributed by atoms with E-state index in [4.69, 9.17) is 4.74 Å². The number of hydrogen-bond donors (Lipinski definition) is 1. The van der Waals surface area contributed by atoms with E-state index in [0.717, 1.165) is 10.0 Å². The molecule has 4 heteroatoms. The van der Waals surface area contributed by atoms with E-state index in [2.05, 4.69) is 21.2 Å². The molecule has 3 nitrogen and oxygen atoms in total. The van der Waals surface area contributed by atoms with Crippen LogP contribution in [-0.2, 0) is 9.53 Å². The van der Waals surface area contributed by atoms with Crippen LogP contribution in [0.1, 0.15) is 11.6 Å². The Morgan fingerprint density at radius 1 is 1.36 bits per heavy atom. The summed E-state index contributed by atoms with van der Waals surface area (Å²) in [5.74, 6) is -0.0517. The van der Waals surface area contributed by atoms with Crippen LogP contribution in [0.5, 0.6) is 0 Å². The molecule has 2 rings (SSSR count). The Bertz CT molecular complexity index is 336. The second-order valence-corrected chi connectivity index (χ2v) is 4.10. The number of ether oxygens (including phenoxy) is 1. The predicted molar refractivity (Wildman–Crippen MR) is 55.8 cm³/mol. The minimum Gasteiger partial charge on any atom is -0.369 e. The van der Waals surface area contributed by atoms with Gasteiger partial charge >= 0.3 is 0 Å². The van der Waals surface area contributed by atoms with Crippen molar-refractivity contribution in [3.63, 3.8) is 0 Å². The smallest absolute Gasteiger partial charge is 0.246 e. The minimum absolute atomic E-state index is 0.00986. The van der Waals surface area contributed by atoms with Gasteiger partial charge in [0.25, 0.3) is 0 Å². The number of hydrogen-bond acceptors (Lipinski definition) is 2. The van der Waals surface area contributed by atoms with Crippen molar-refractivity contribution in [3.8, 4) is 0 Å². The van der Waals surface area contributed by atoms with Gasteiger partial charge in [-0.15, -0.1) is 0 Å². The number of carbonyl (C=O) groups excluding carboxylic acids is 1. The fourth-order valence-corrected chi connectivity index (χ4v) is 1.69. The average molecular weight is 256 g/mol. The first-order valence-corrected chi connectivity index (χ1v) is 5.17. The van der Waals surface area contributed by atoms with E-state index in [9.17, 15) is 4.79 Å². The van der Waals surface area contributed by atoms with Crippen LogP contribution in [-0.4, -0.2) is 19.1 Å². The molecule has 1 aromatic rings. The molecule has 0 radical (unpaired) electrons. The standard InChI is InChI=1S/C10H10BrNO2/c11-8-3-1-7(2-4-8)9-5-14-6-10(13)12-9/h1-4,9H,5-6H2,(H,12,13). The van der Waals surface area contributed by atoms with E-state index < -0.39 is 0 Å². The third-order valence-electron chi connectivity index (χ3n) is 2.13. The van der Waals surface area contributed by atoms with Crippen molar-refractivity contribution in [1.29, 1.82) is 0 Å². The number of morpholine rings is 1. The summed E-state index contributed by atoms with van der Waals surface area (Å²) >= 11 is 3.36. The van der Waals surface area contributed by atoms with Crippen molar-refractivity contribution in [2.75, 3.05) is 13.2 Å². The summed E-state index contributed by atoms with van der Waals surface area (Å²) in [7, 11) is 0. The summed E-state index contributed by atoms with van der Waals surface area (Å²) < 4.78 is 6.19. The fraction of sp³-hybridized carbons (Fsp3) is 0.300. The third-order valence-corrected chi connectivity index (χ3v) is 2.65. The summed E-state index contributed by atoms with van der Waals surface area (Å²) in [6.45, 7) is 0.723. The van der Waals surface area contributed by atoms with Gasteiger partial charge in [0.1, 0.15) is 6.61 Å². The summed E-state index contributed by atoms with van der Waals surface area (Å²) in [6, 6.07) is 7.85. The average Bonchev–Trinajstić information content (AvgIpc) is 2.19. The topological polar surface area (TPSA) is 38.3 Å². The molecular weight excluding hydrogens is 246 g/mol. The van der Waals surface area contributed by atoms with Crippen LogP contribution in [0.4, 0.5) is 0 Å². The van der Waals surface area contributed by atoms with Gasteiger partial charge in [-0.05, 0) is 17.7 Å². The van der Waals surface area contributed by atoms with E-state index in [0.29, 0.717) is 6.61 Å². The SMILES string of the molecule is O=C1COCC(c2ccc(Br)cc2)N1. The van der Waals surface area contributed by atoms with Crippen LogP contribution in [0.25, 0.3) is 0 Å². The molecule has 1 amide bonds. The van der Waals surface area contributed by atoms with Crippen LogP contribution < -0.4 is 5.32 Å². The third kappa shape index (κ3) is 2.13. The first kappa shape index (κ1) is 9.68. The number of nitrogens with one attached hydrogen (secondary N) is 1. The van der Waals surface area contributed by atoms with E-state index in [1.807, 2.05) is 24.3 Å². The summed E-state index contributed by atoms with van der Waals surface area (Å²) in [5, 5.41) is 2.87. The van der Waals surface area contributed by atoms with Gasteiger partial charge in [0.2, 0.25) is 5.91 Å². The Balaban J connectivity index is 2.14. The van der Waals surface area contributed by atoms with Crippen LogP contribution in [0.15, 0.2) is 28.7 Å². The molecule has 0 aliphatic carbocycles. The molecule has 1 aliphatic heterocycles. The lowest BCUT2D eigenvalue weighted by Gasteiger charge is -2.23. The Labute approximate surface area is 90.6 Å². The zero-order valence-electron chi connectivity index (χ0n) is 7.50. The number of carbonyl (C=O) groups is 1. The molecule has 0 bridgehead atoms. The zero-order chi connectivity index (χ0) is 9.97. The van der Waals surface area contributed by atoms with Crippen molar-refractivity contribution in [2.45, 2.75) is 6.04 Å². The molecule has 14 heavy (non-hydrogen) atoms. The van der Waals surface area contributed by atoms with Crippen molar-refractivity contribution in [2.24, 2.45) is 0 Å². The monoisotopic (exact) mass is 255 g/mol. The molecule has 1 fully saturated rings. The number of amides is 1. The normalized spacial score (nSPS) is 21.8. The quantitative estimate of drug-likeness (QED) is 0.829. The van der Waals surface area contributed by atoms with Crippen LogP contribution in [0, 0.1) is 0 Å². The van der Waals surface area contributed by atoms with Gasteiger partial charge in [-0.25, -0.2) is 0 Å². The highest BCUT2D eigenvalue weighted by Crippen LogP contribution is 2.18. The van der Waals surface area contributed by atoms with Crippen LogP contribution in [0.2, 0.25) is 0 Å². The number of halogens is 1. The Morgan fingerprint density at radius 2 is 2.07 bits per heavy atom. The first-order chi connectivity index (χ1) is 6.75. The molecule has 1 saturated heterocycles. The minimum atomic E-state index is -0.0517. The van der Waals surface area contributed by atoms with Gasteiger partial charge in [-0.2, -0.15) is 0 Å². The highest BCUT2D eigenvalue weighted by molar-refractivity contribution is 9.10. The largest absolute Gasteiger partial charge is 0.369 e. The highest BCUT2D eigenvalue weighted by Gasteiger charge is 2.19. The molecule has 1 atom stereocenters. The molecule has 0 aromatic heterocycles. The second-order valence-electron chi connectivity index (χ2n) is 3.19. The first-order valence-electron chi connectivity index (χ1n) is 4.38. The van der Waals surface area contributed by atoms with E-state index in [1.54, 1.807) is 0 Å². The second kappa shape index (κ2) is 4.11. The van der Waals surface area contributed by atoms with Crippen LogP contribution in [0.3, 0.4) is 0 Å². The Hall–Kier alpha value is -0.870. The lowest BCUT2D eigenvalue weighted by atomic mass is 10.1. The molecule has 0 saturated carbocycles. The highest BCUT2D eigenvalue weighted by atomic mass is 79.9. The summed E-state index contributed by atoms with van der Waals surface area (Å²) in [5.41, 5.74) is 1.07. The Kier molecular flexibility index (Phi) is 2.84. The molecule has 1 unspecified atom stereocenters. The van der Waals surface area contributed by atoms with Crippen molar-refractivity contribution in [1.82, 2.24) is 5.32 Å². The van der Waals surface area contributed by atoms with Gasteiger partial charge < -0.3 is 10.1 Å². The Morgan fingerprint density at radius 3 is 2.71 bits per heavy atom. The van der Waals surface area contributed by atoms with Crippen LogP contribution >= 0.6 is 15.9 Å². The van der Waals surface area contributed by atoms with Gasteiger partial charge in [0.15, 0.2) is 0 Å². The zero-order valence-corrected chi connectivity index (χ0v) is 9.08. The molecule has 74 valence electrons. The number of rotatable bonds is 1. The van der Waals surface area contributed by atoms with E-state index in [-0.39, 0.29) is 18.6 Å².